The van der Waals surface area contributed by atoms with Crippen LogP contribution in [0.3, 0.4) is 0 Å². The third-order valence-electron chi connectivity index (χ3n) is 3.86. The van der Waals surface area contributed by atoms with Crippen molar-refractivity contribution < 1.29 is 9.32 Å². The first-order valence-electron chi connectivity index (χ1n) is 7.78. The maximum absolute atomic E-state index is 12.5. The normalized spacial score (nSPS) is 18.9. The molecule has 1 saturated heterocycles. The topological polar surface area (TPSA) is 59.2 Å². The van der Waals surface area contributed by atoms with E-state index in [1.807, 2.05) is 22.4 Å². The summed E-state index contributed by atoms with van der Waals surface area (Å²) in [7, 11) is 0. The molecule has 0 bridgehead atoms. The van der Waals surface area contributed by atoms with Gasteiger partial charge in [0.2, 0.25) is 5.89 Å². The van der Waals surface area contributed by atoms with Gasteiger partial charge in [0.25, 0.3) is 5.91 Å². The van der Waals surface area contributed by atoms with E-state index in [0.717, 1.165) is 36.5 Å². The van der Waals surface area contributed by atoms with Gasteiger partial charge in [-0.05, 0) is 30.2 Å². The van der Waals surface area contributed by atoms with Crippen molar-refractivity contribution in [2.45, 2.75) is 39.0 Å². The van der Waals surface area contributed by atoms with Gasteiger partial charge >= 0.3 is 0 Å². The molecule has 3 heterocycles. The molecule has 1 aliphatic rings. The number of hydrogen-bond acceptors (Lipinski definition) is 5. The molecule has 0 radical (unpaired) electrons. The van der Waals surface area contributed by atoms with Crippen molar-refractivity contribution in [2.24, 2.45) is 5.92 Å². The van der Waals surface area contributed by atoms with Crippen LogP contribution in [0.5, 0.6) is 0 Å². The van der Waals surface area contributed by atoms with Crippen molar-refractivity contribution in [1.29, 1.82) is 0 Å². The molecule has 118 valence electrons. The summed E-state index contributed by atoms with van der Waals surface area (Å²) in [4.78, 5) is 19.7. The zero-order valence-electron chi connectivity index (χ0n) is 13.0. The molecule has 6 heteroatoms. The first-order valence-corrected chi connectivity index (χ1v) is 8.66. The Morgan fingerprint density at radius 3 is 3.14 bits per heavy atom. The second kappa shape index (κ2) is 6.60. The maximum atomic E-state index is 12.5. The highest BCUT2D eigenvalue weighted by Crippen LogP contribution is 2.27. The summed E-state index contributed by atoms with van der Waals surface area (Å²) in [5.41, 5.74) is 0. The van der Waals surface area contributed by atoms with Gasteiger partial charge in [0.15, 0.2) is 5.82 Å². The van der Waals surface area contributed by atoms with Crippen LogP contribution in [-0.2, 0) is 6.42 Å². The van der Waals surface area contributed by atoms with Crippen LogP contribution in [0.4, 0.5) is 0 Å². The predicted octanol–water partition coefficient (Wildman–Crippen LogP) is 3.35. The van der Waals surface area contributed by atoms with Crippen LogP contribution < -0.4 is 0 Å². The molecule has 2 aromatic heterocycles. The third kappa shape index (κ3) is 3.38. The number of likely N-dealkylation sites (tertiary alicyclic amines) is 1. The monoisotopic (exact) mass is 319 g/mol. The van der Waals surface area contributed by atoms with E-state index in [-0.39, 0.29) is 11.8 Å². The molecule has 1 atom stereocenters. The molecule has 0 unspecified atom stereocenters. The number of thiophene rings is 1. The summed E-state index contributed by atoms with van der Waals surface area (Å²) in [6.07, 6.45) is 2.80. The highest BCUT2D eigenvalue weighted by atomic mass is 32.1. The molecular formula is C16H21N3O2S. The lowest BCUT2D eigenvalue weighted by Crippen LogP contribution is -2.38. The van der Waals surface area contributed by atoms with E-state index in [0.29, 0.717) is 18.4 Å². The molecule has 1 aliphatic heterocycles. The smallest absolute Gasteiger partial charge is 0.263 e. The molecule has 5 nitrogen and oxygen atoms in total. The van der Waals surface area contributed by atoms with Crippen LogP contribution >= 0.6 is 11.3 Å². The summed E-state index contributed by atoms with van der Waals surface area (Å²) in [5, 5.41) is 6.00. The van der Waals surface area contributed by atoms with Crippen molar-refractivity contribution in [3.8, 4) is 0 Å². The van der Waals surface area contributed by atoms with Crippen LogP contribution in [0.15, 0.2) is 22.0 Å². The molecule has 3 rings (SSSR count). The Labute approximate surface area is 134 Å². The van der Waals surface area contributed by atoms with Crippen LogP contribution in [0, 0.1) is 5.92 Å². The fourth-order valence-corrected chi connectivity index (χ4v) is 3.49. The average Bonchev–Trinajstić information content (AvgIpc) is 3.17. The minimum absolute atomic E-state index is 0.113. The number of carbonyl (C=O) groups excluding carboxylic acids is 1. The maximum Gasteiger partial charge on any atom is 0.263 e. The third-order valence-corrected chi connectivity index (χ3v) is 4.72. The van der Waals surface area contributed by atoms with Gasteiger partial charge in [0, 0.05) is 19.5 Å². The minimum Gasteiger partial charge on any atom is -0.339 e. The van der Waals surface area contributed by atoms with E-state index in [4.69, 9.17) is 4.52 Å². The number of rotatable bonds is 4. The van der Waals surface area contributed by atoms with Gasteiger partial charge in [-0.15, -0.1) is 11.3 Å². The van der Waals surface area contributed by atoms with E-state index in [9.17, 15) is 4.79 Å². The van der Waals surface area contributed by atoms with Crippen LogP contribution in [0.2, 0.25) is 0 Å². The molecule has 2 aromatic rings. The summed E-state index contributed by atoms with van der Waals surface area (Å²) < 4.78 is 5.43. The second-order valence-electron chi connectivity index (χ2n) is 6.21. The van der Waals surface area contributed by atoms with Crippen molar-refractivity contribution in [3.05, 3.63) is 34.1 Å². The number of aromatic nitrogens is 2. The van der Waals surface area contributed by atoms with Crippen LogP contribution in [0.1, 0.15) is 54.0 Å². The van der Waals surface area contributed by atoms with Gasteiger partial charge in [0.05, 0.1) is 10.8 Å². The predicted molar refractivity (Wildman–Crippen MR) is 85.0 cm³/mol. The molecule has 0 aromatic carbocycles. The number of piperidine rings is 1. The summed E-state index contributed by atoms with van der Waals surface area (Å²) >= 11 is 1.49. The molecule has 22 heavy (non-hydrogen) atoms. The van der Waals surface area contributed by atoms with Crippen molar-refractivity contribution in [2.75, 3.05) is 13.1 Å². The van der Waals surface area contributed by atoms with Gasteiger partial charge in [-0.25, -0.2) is 0 Å². The Kier molecular flexibility index (Phi) is 4.57. The van der Waals surface area contributed by atoms with Crippen molar-refractivity contribution in [1.82, 2.24) is 15.0 Å². The second-order valence-corrected chi connectivity index (χ2v) is 7.16. The van der Waals surface area contributed by atoms with Crippen LogP contribution in [0.25, 0.3) is 0 Å². The van der Waals surface area contributed by atoms with Gasteiger partial charge in [-0.2, -0.15) is 4.98 Å². The zero-order chi connectivity index (χ0) is 15.5. The Hall–Kier alpha value is -1.69. The SMILES string of the molecule is CC(C)Cc1noc([C@@H]2CCCN(C(=O)c3cccs3)C2)n1. The first-order chi connectivity index (χ1) is 10.6. The number of amides is 1. The Morgan fingerprint density at radius 2 is 2.41 bits per heavy atom. The number of carbonyl (C=O) groups is 1. The van der Waals surface area contributed by atoms with Crippen molar-refractivity contribution in [3.63, 3.8) is 0 Å². The number of hydrogen-bond donors (Lipinski definition) is 0. The van der Waals surface area contributed by atoms with Gasteiger partial charge in [0.1, 0.15) is 0 Å². The molecule has 0 saturated carbocycles. The summed E-state index contributed by atoms with van der Waals surface area (Å²) in [5.74, 6) is 2.23. The van der Waals surface area contributed by atoms with Gasteiger partial charge in [-0.3, -0.25) is 4.79 Å². The molecular weight excluding hydrogens is 298 g/mol. The average molecular weight is 319 g/mol. The Bertz CT molecular complexity index is 621. The standard InChI is InChI=1S/C16H21N3O2S/c1-11(2)9-14-17-15(21-18-14)12-5-3-7-19(10-12)16(20)13-6-4-8-22-13/h4,6,8,11-12H,3,5,7,9-10H2,1-2H3/t12-/m1/s1. The lowest BCUT2D eigenvalue weighted by Gasteiger charge is -2.30. The highest BCUT2D eigenvalue weighted by molar-refractivity contribution is 7.12. The number of nitrogens with zero attached hydrogens (tertiary/aromatic N) is 3. The molecule has 0 N–H and O–H groups in total. The summed E-state index contributed by atoms with van der Waals surface area (Å²) in [6.45, 7) is 5.75. The van der Waals surface area contributed by atoms with E-state index >= 15 is 0 Å². The minimum atomic E-state index is 0.113. The lowest BCUT2D eigenvalue weighted by atomic mass is 9.98. The van der Waals surface area contributed by atoms with E-state index in [1.54, 1.807) is 0 Å². The zero-order valence-corrected chi connectivity index (χ0v) is 13.8. The molecule has 1 amide bonds. The van der Waals surface area contributed by atoms with E-state index in [1.165, 1.54) is 11.3 Å². The first kappa shape index (κ1) is 15.2. The fourth-order valence-electron chi connectivity index (χ4n) is 2.80. The molecule has 0 spiro atoms. The van der Waals surface area contributed by atoms with Crippen LogP contribution in [-0.4, -0.2) is 34.0 Å². The molecule has 1 fully saturated rings. The Balaban J connectivity index is 1.67. The van der Waals surface area contributed by atoms with Gasteiger partial charge in [-0.1, -0.05) is 25.1 Å². The summed E-state index contributed by atoms with van der Waals surface area (Å²) in [6, 6.07) is 3.79. The molecule has 0 aliphatic carbocycles. The van der Waals surface area contributed by atoms with Crippen molar-refractivity contribution >= 4 is 17.2 Å². The Morgan fingerprint density at radius 1 is 1.55 bits per heavy atom. The van der Waals surface area contributed by atoms with E-state index < -0.39 is 0 Å². The largest absolute Gasteiger partial charge is 0.339 e. The van der Waals surface area contributed by atoms with Gasteiger partial charge < -0.3 is 9.42 Å². The lowest BCUT2D eigenvalue weighted by molar-refractivity contribution is 0.0700. The van der Waals surface area contributed by atoms with E-state index in [2.05, 4.69) is 24.0 Å². The highest BCUT2D eigenvalue weighted by Gasteiger charge is 2.29. The fraction of sp³-hybridized carbons (Fsp3) is 0.562. The quantitative estimate of drug-likeness (QED) is 0.867.